The average Bonchev–Trinajstić information content (AvgIpc) is 2.88. The first-order valence-corrected chi connectivity index (χ1v) is 6.35. The summed E-state index contributed by atoms with van der Waals surface area (Å²) in [5, 5.41) is 7.92. The first kappa shape index (κ1) is 11.0. The monoisotopic (exact) mass is 292 g/mol. The van der Waals surface area contributed by atoms with Crippen molar-refractivity contribution in [1.82, 2.24) is 15.1 Å². The van der Waals surface area contributed by atoms with Crippen LogP contribution in [0.3, 0.4) is 0 Å². The predicted molar refractivity (Wildman–Crippen MR) is 69.7 cm³/mol. The van der Waals surface area contributed by atoms with Gasteiger partial charge in [-0.1, -0.05) is 22.0 Å². The summed E-state index contributed by atoms with van der Waals surface area (Å²) < 4.78 is 3.00. The van der Waals surface area contributed by atoms with Crippen LogP contribution in [0.25, 0.3) is 5.69 Å². The smallest absolute Gasteiger partial charge is 0.0815 e. The van der Waals surface area contributed by atoms with Crippen LogP contribution in [-0.2, 0) is 19.6 Å². The number of rotatable bonds is 2. The number of fused-ring (bicyclic) bond motifs is 1. The lowest BCUT2D eigenvalue weighted by atomic mass is 10.2. The second kappa shape index (κ2) is 4.25. The summed E-state index contributed by atoms with van der Waals surface area (Å²) in [6.07, 6.45) is 0. The summed E-state index contributed by atoms with van der Waals surface area (Å²) in [5.74, 6) is 0. The van der Waals surface area contributed by atoms with Crippen LogP contribution in [0.5, 0.6) is 0 Å². The summed E-state index contributed by atoms with van der Waals surface area (Å²) in [6, 6.07) is 8.10. The van der Waals surface area contributed by atoms with Gasteiger partial charge >= 0.3 is 0 Å². The van der Waals surface area contributed by atoms with E-state index in [0.29, 0.717) is 6.54 Å². The van der Waals surface area contributed by atoms with Gasteiger partial charge < -0.3 is 11.1 Å². The zero-order chi connectivity index (χ0) is 11.8. The predicted octanol–water partition coefficient (Wildman–Crippen LogP) is 1.70. The van der Waals surface area contributed by atoms with Gasteiger partial charge in [-0.15, -0.1) is 0 Å². The van der Waals surface area contributed by atoms with Crippen LogP contribution in [0.15, 0.2) is 28.7 Å². The molecule has 1 aliphatic heterocycles. The maximum Gasteiger partial charge on any atom is 0.0815 e. The Labute approximate surface area is 108 Å². The van der Waals surface area contributed by atoms with E-state index >= 15 is 0 Å². The van der Waals surface area contributed by atoms with E-state index < -0.39 is 0 Å². The molecule has 1 aliphatic rings. The van der Waals surface area contributed by atoms with Crippen molar-refractivity contribution >= 4 is 15.9 Å². The van der Waals surface area contributed by atoms with Crippen molar-refractivity contribution in [1.29, 1.82) is 0 Å². The molecule has 0 atom stereocenters. The van der Waals surface area contributed by atoms with Crippen molar-refractivity contribution in [3.63, 3.8) is 0 Å². The Morgan fingerprint density at radius 1 is 1.41 bits per heavy atom. The zero-order valence-corrected chi connectivity index (χ0v) is 10.9. The van der Waals surface area contributed by atoms with E-state index in [0.717, 1.165) is 34.6 Å². The third-order valence-electron chi connectivity index (χ3n) is 3.01. The molecule has 0 fully saturated rings. The zero-order valence-electron chi connectivity index (χ0n) is 9.28. The molecule has 3 N–H and O–H groups in total. The van der Waals surface area contributed by atoms with Crippen LogP contribution < -0.4 is 11.1 Å². The van der Waals surface area contributed by atoms with Crippen molar-refractivity contribution in [2.45, 2.75) is 19.6 Å². The Morgan fingerprint density at radius 2 is 2.29 bits per heavy atom. The van der Waals surface area contributed by atoms with Crippen LogP contribution in [0.2, 0.25) is 0 Å². The summed E-state index contributed by atoms with van der Waals surface area (Å²) >= 11 is 3.48. The molecule has 1 aromatic heterocycles. The van der Waals surface area contributed by atoms with E-state index in [1.807, 2.05) is 22.9 Å². The van der Waals surface area contributed by atoms with Crippen molar-refractivity contribution in [2.75, 3.05) is 0 Å². The van der Waals surface area contributed by atoms with E-state index in [1.54, 1.807) is 0 Å². The van der Waals surface area contributed by atoms with Gasteiger partial charge in [0, 0.05) is 29.7 Å². The van der Waals surface area contributed by atoms with Crippen LogP contribution in [0.1, 0.15) is 17.0 Å². The van der Waals surface area contributed by atoms with Crippen LogP contribution in [0, 0.1) is 0 Å². The van der Waals surface area contributed by atoms with Crippen LogP contribution in [0.4, 0.5) is 0 Å². The highest BCUT2D eigenvalue weighted by molar-refractivity contribution is 9.10. The molecule has 0 amide bonds. The Kier molecular flexibility index (Phi) is 2.74. The normalized spacial score (nSPS) is 14.0. The van der Waals surface area contributed by atoms with Crippen molar-refractivity contribution in [3.8, 4) is 5.69 Å². The van der Waals surface area contributed by atoms with Gasteiger partial charge in [0.2, 0.25) is 0 Å². The quantitative estimate of drug-likeness (QED) is 0.886. The lowest BCUT2D eigenvalue weighted by Crippen LogP contribution is -2.12. The molecule has 88 valence electrons. The van der Waals surface area contributed by atoms with E-state index in [1.165, 1.54) is 5.56 Å². The fraction of sp³-hybridized carbons (Fsp3) is 0.250. The van der Waals surface area contributed by atoms with Crippen LogP contribution >= 0.6 is 15.9 Å². The Morgan fingerprint density at radius 3 is 3.06 bits per heavy atom. The molecule has 1 aromatic carbocycles. The molecule has 0 radical (unpaired) electrons. The number of nitrogens with one attached hydrogen (secondary N) is 1. The molecule has 5 heteroatoms. The van der Waals surface area contributed by atoms with Gasteiger partial charge in [0.25, 0.3) is 0 Å². The molecule has 0 unspecified atom stereocenters. The maximum atomic E-state index is 5.84. The van der Waals surface area contributed by atoms with Gasteiger partial charge in [-0.05, 0) is 18.2 Å². The molecule has 2 heterocycles. The molecule has 4 nitrogen and oxygen atoms in total. The van der Waals surface area contributed by atoms with Gasteiger partial charge in [-0.25, -0.2) is 4.68 Å². The second-order valence-corrected chi connectivity index (χ2v) is 4.99. The Hall–Kier alpha value is -1.17. The van der Waals surface area contributed by atoms with Crippen molar-refractivity contribution in [2.24, 2.45) is 5.73 Å². The van der Waals surface area contributed by atoms with E-state index in [-0.39, 0.29) is 0 Å². The van der Waals surface area contributed by atoms with Crippen molar-refractivity contribution < 1.29 is 0 Å². The first-order chi connectivity index (χ1) is 8.29. The second-order valence-electron chi connectivity index (χ2n) is 4.07. The molecule has 0 aliphatic carbocycles. The number of nitrogens with zero attached hydrogens (tertiary/aromatic N) is 2. The number of hydrogen-bond acceptors (Lipinski definition) is 3. The van der Waals surface area contributed by atoms with Gasteiger partial charge in [0.15, 0.2) is 0 Å². The Bertz CT molecular complexity index is 562. The number of halogens is 1. The number of aromatic nitrogens is 2. The molecule has 17 heavy (non-hydrogen) atoms. The fourth-order valence-corrected chi connectivity index (χ4v) is 2.61. The summed E-state index contributed by atoms with van der Waals surface area (Å²) in [7, 11) is 0. The van der Waals surface area contributed by atoms with E-state index in [4.69, 9.17) is 5.73 Å². The number of benzene rings is 1. The molecule has 0 saturated heterocycles. The lowest BCUT2D eigenvalue weighted by Gasteiger charge is -2.08. The summed E-state index contributed by atoms with van der Waals surface area (Å²) in [6.45, 7) is 2.22. The van der Waals surface area contributed by atoms with Gasteiger partial charge in [0.1, 0.15) is 0 Å². The average molecular weight is 293 g/mol. The molecule has 2 aromatic rings. The summed E-state index contributed by atoms with van der Waals surface area (Å²) in [4.78, 5) is 0. The highest BCUT2D eigenvalue weighted by atomic mass is 79.9. The minimum atomic E-state index is 0.510. The largest absolute Gasteiger partial charge is 0.325 e. The highest BCUT2D eigenvalue weighted by Crippen LogP contribution is 2.23. The Balaban J connectivity index is 2.15. The number of hydrogen-bond donors (Lipinski definition) is 2. The minimum Gasteiger partial charge on any atom is -0.325 e. The third kappa shape index (κ3) is 1.80. The van der Waals surface area contributed by atoms with Gasteiger partial charge in [-0.3, -0.25) is 0 Å². The topological polar surface area (TPSA) is 55.9 Å². The minimum absolute atomic E-state index is 0.510. The third-order valence-corrected chi connectivity index (χ3v) is 3.51. The first-order valence-electron chi connectivity index (χ1n) is 5.56. The standard InChI is InChI=1S/C12H13BrN4/c13-8-2-1-3-9(4-8)17-12(5-14)10-6-15-7-11(10)16-17/h1-4,15H,5-7,14H2. The molecule has 0 spiro atoms. The highest BCUT2D eigenvalue weighted by Gasteiger charge is 2.21. The molecular formula is C12H13BrN4. The number of nitrogens with two attached hydrogens (primary N) is 1. The van der Waals surface area contributed by atoms with E-state index in [2.05, 4.69) is 32.4 Å². The van der Waals surface area contributed by atoms with Crippen LogP contribution in [-0.4, -0.2) is 9.78 Å². The molecule has 0 saturated carbocycles. The SMILES string of the molecule is NCc1c2c(nn1-c1cccc(Br)c1)CNC2. The lowest BCUT2D eigenvalue weighted by molar-refractivity contribution is 0.698. The molecular weight excluding hydrogens is 280 g/mol. The van der Waals surface area contributed by atoms with Gasteiger partial charge in [0.05, 0.1) is 17.1 Å². The fourth-order valence-electron chi connectivity index (χ4n) is 2.22. The van der Waals surface area contributed by atoms with Gasteiger partial charge in [-0.2, -0.15) is 5.10 Å². The summed E-state index contributed by atoms with van der Waals surface area (Å²) in [5.41, 5.74) is 10.4. The molecule has 0 bridgehead atoms. The van der Waals surface area contributed by atoms with E-state index in [9.17, 15) is 0 Å². The maximum absolute atomic E-state index is 5.84. The van der Waals surface area contributed by atoms with Crippen molar-refractivity contribution in [3.05, 3.63) is 45.7 Å². The molecule has 3 rings (SSSR count).